The molecule has 1 aromatic heterocycles. The number of carbonyl (C=O) groups is 1. The molecule has 30 heavy (non-hydrogen) atoms. The van der Waals surface area contributed by atoms with Gasteiger partial charge in [0.2, 0.25) is 5.91 Å². The summed E-state index contributed by atoms with van der Waals surface area (Å²) >= 11 is 0. The second-order valence-corrected chi connectivity index (χ2v) is 6.89. The van der Waals surface area contributed by atoms with Crippen LogP contribution in [0.5, 0.6) is 11.5 Å². The Balaban J connectivity index is 1.64. The molecule has 3 aromatic rings. The van der Waals surface area contributed by atoms with Crippen LogP contribution in [0.4, 0.5) is 4.39 Å². The Morgan fingerprint density at radius 1 is 1.27 bits per heavy atom. The number of carbonyl (C=O) groups excluding carboxylic acids is 1. The Hall–Kier alpha value is -3.39. The second kappa shape index (κ2) is 9.89. The lowest BCUT2D eigenvalue weighted by molar-refractivity contribution is -0.120. The highest BCUT2D eigenvalue weighted by atomic mass is 19.1. The molecule has 0 aliphatic heterocycles. The summed E-state index contributed by atoms with van der Waals surface area (Å²) in [6.07, 6.45) is 3.81. The Kier molecular flexibility index (Phi) is 7.03. The normalized spacial score (nSPS) is 11.8. The number of nitrogens with two attached hydrogens (primary N) is 1. The average molecular weight is 412 g/mol. The van der Waals surface area contributed by atoms with Crippen molar-refractivity contribution in [3.63, 3.8) is 0 Å². The van der Waals surface area contributed by atoms with Crippen LogP contribution in [0.25, 0.3) is 0 Å². The molecule has 3 N–H and O–H groups in total. The predicted octanol–water partition coefficient (Wildman–Crippen LogP) is 2.33. The molecule has 1 amide bonds. The van der Waals surface area contributed by atoms with E-state index in [0.717, 1.165) is 11.3 Å². The van der Waals surface area contributed by atoms with E-state index in [1.165, 1.54) is 6.07 Å². The minimum atomic E-state index is -0.554. The maximum Gasteiger partial charge on any atom is 0.234 e. The zero-order valence-corrected chi connectivity index (χ0v) is 17.0. The van der Waals surface area contributed by atoms with Gasteiger partial charge in [0.1, 0.15) is 23.9 Å². The van der Waals surface area contributed by atoms with Crippen LogP contribution in [0.3, 0.4) is 0 Å². The fourth-order valence-corrected chi connectivity index (χ4v) is 3.03. The fourth-order valence-electron chi connectivity index (χ4n) is 3.03. The molecule has 0 aliphatic rings. The summed E-state index contributed by atoms with van der Waals surface area (Å²) in [7, 11) is 3.42. The van der Waals surface area contributed by atoms with E-state index in [-0.39, 0.29) is 12.4 Å². The first-order chi connectivity index (χ1) is 14.5. The number of hydrogen-bond acceptors (Lipinski definition) is 5. The number of ether oxygens (including phenoxy) is 2. The van der Waals surface area contributed by atoms with Gasteiger partial charge in [0.15, 0.2) is 0 Å². The van der Waals surface area contributed by atoms with Crippen LogP contribution in [0, 0.1) is 5.82 Å². The van der Waals surface area contributed by atoms with Crippen LogP contribution >= 0.6 is 0 Å². The number of nitrogens with zero attached hydrogens (tertiary/aromatic N) is 2. The van der Waals surface area contributed by atoms with Gasteiger partial charge in [-0.25, -0.2) is 9.37 Å². The van der Waals surface area contributed by atoms with Crippen LogP contribution in [0.15, 0.2) is 55.0 Å². The summed E-state index contributed by atoms with van der Waals surface area (Å²) in [6.45, 7) is 0.490. The van der Waals surface area contributed by atoms with E-state index in [9.17, 15) is 9.18 Å². The molecule has 3 rings (SSSR count). The summed E-state index contributed by atoms with van der Waals surface area (Å²) in [5, 5.41) is 3.17. The molecule has 2 aromatic carbocycles. The molecule has 1 atom stereocenters. The Morgan fingerprint density at radius 2 is 2.07 bits per heavy atom. The SMILES string of the molecule is COc1cc(OCc2ccccc2F)ccc1CNC(Cc1cncn1C)C(N)=O. The van der Waals surface area contributed by atoms with Crippen molar-refractivity contribution in [1.29, 1.82) is 0 Å². The minimum absolute atomic E-state index is 0.113. The van der Waals surface area contributed by atoms with E-state index >= 15 is 0 Å². The van der Waals surface area contributed by atoms with Crippen molar-refractivity contribution in [3.05, 3.63) is 77.6 Å². The van der Waals surface area contributed by atoms with E-state index in [2.05, 4.69) is 10.3 Å². The average Bonchev–Trinajstić information content (AvgIpc) is 3.15. The van der Waals surface area contributed by atoms with Gasteiger partial charge in [0, 0.05) is 49.1 Å². The number of amides is 1. The molecule has 8 heteroatoms. The molecule has 0 fully saturated rings. The number of rotatable bonds is 10. The fraction of sp³-hybridized carbons (Fsp3) is 0.273. The maximum atomic E-state index is 13.7. The smallest absolute Gasteiger partial charge is 0.234 e. The number of benzene rings is 2. The number of imidazole rings is 1. The van der Waals surface area contributed by atoms with Crippen LogP contribution in [0.1, 0.15) is 16.8 Å². The van der Waals surface area contributed by atoms with Crippen molar-refractivity contribution in [3.8, 4) is 11.5 Å². The van der Waals surface area contributed by atoms with Crippen molar-refractivity contribution >= 4 is 5.91 Å². The van der Waals surface area contributed by atoms with Crippen molar-refractivity contribution < 1.29 is 18.7 Å². The van der Waals surface area contributed by atoms with E-state index in [0.29, 0.717) is 30.0 Å². The number of hydrogen-bond donors (Lipinski definition) is 2. The topological polar surface area (TPSA) is 91.4 Å². The number of primary amides is 1. The number of aromatic nitrogens is 2. The molecular formula is C22H25FN4O3. The summed E-state index contributed by atoms with van der Waals surface area (Å²) < 4.78 is 26.7. The van der Waals surface area contributed by atoms with Gasteiger partial charge in [0.05, 0.1) is 19.5 Å². The van der Waals surface area contributed by atoms with Crippen LogP contribution in [-0.2, 0) is 31.4 Å². The number of nitrogens with one attached hydrogen (secondary N) is 1. The summed E-state index contributed by atoms with van der Waals surface area (Å²) in [4.78, 5) is 15.9. The lowest BCUT2D eigenvalue weighted by Crippen LogP contribution is -2.42. The zero-order valence-electron chi connectivity index (χ0n) is 17.0. The number of aryl methyl sites for hydroxylation is 1. The van der Waals surface area contributed by atoms with Crippen molar-refractivity contribution in [2.45, 2.75) is 25.6 Å². The summed E-state index contributed by atoms with van der Waals surface area (Å²) in [5.74, 6) is 0.397. The van der Waals surface area contributed by atoms with Gasteiger partial charge in [-0.2, -0.15) is 0 Å². The van der Waals surface area contributed by atoms with E-state index in [1.807, 2.05) is 17.7 Å². The molecular weight excluding hydrogens is 387 g/mol. The predicted molar refractivity (Wildman–Crippen MR) is 110 cm³/mol. The highest BCUT2D eigenvalue weighted by Gasteiger charge is 2.18. The molecule has 0 saturated carbocycles. The van der Waals surface area contributed by atoms with E-state index in [4.69, 9.17) is 15.2 Å². The highest BCUT2D eigenvalue weighted by molar-refractivity contribution is 5.80. The second-order valence-electron chi connectivity index (χ2n) is 6.89. The van der Waals surface area contributed by atoms with Crippen molar-refractivity contribution in [1.82, 2.24) is 14.9 Å². The van der Waals surface area contributed by atoms with E-state index in [1.54, 1.807) is 50.0 Å². The molecule has 0 radical (unpaired) electrons. The molecule has 7 nitrogen and oxygen atoms in total. The molecule has 0 bridgehead atoms. The highest BCUT2D eigenvalue weighted by Crippen LogP contribution is 2.26. The maximum absolute atomic E-state index is 13.7. The third-order valence-electron chi connectivity index (χ3n) is 4.82. The Bertz CT molecular complexity index is 1010. The van der Waals surface area contributed by atoms with Crippen molar-refractivity contribution in [2.24, 2.45) is 12.8 Å². The number of halogens is 1. The summed E-state index contributed by atoms with van der Waals surface area (Å²) in [5.41, 5.74) is 7.77. The van der Waals surface area contributed by atoms with Crippen molar-refractivity contribution in [2.75, 3.05) is 7.11 Å². The summed E-state index contributed by atoms with van der Waals surface area (Å²) in [6, 6.07) is 11.3. The first-order valence-corrected chi connectivity index (χ1v) is 9.49. The zero-order chi connectivity index (χ0) is 21.5. The quantitative estimate of drug-likeness (QED) is 0.533. The lowest BCUT2D eigenvalue weighted by atomic mass is 10.1. The van der Waals surface area contributed by atoms with Gasteiger partial charge in [-0.15, -0.1) is 0 Å². The van der Waals surface area contributed by atoms with Gasteiger partial charge in [0.25, 0.3) is 0 Å². The molecule has 158 valence electrons. The standard InChI is InChI=1S/C22H25FN4O3/c1-27-14-25-12-17(27)9-20(22(24)28)26-11-15-7-8-18(10-21(15)29-2)30-13-16-5-3-4-6-19(16)23/h3-8,10,12,14,20,26H,9,11,13H2,1-2H3,(H2,24,28). The Labute approximate surface area is 174 Å². The number of methoxy groups -OCH3 is 1. The van der Waals surface area contributed by atoms with Crippen LogP contribution < -0.4 is 20.5 Å². The minimum Gasteiger partial charge on any atom is -0.496 e. The lowest BCUT2D eigenvalue weighted by Gasteiger charge is -2.17. The molecule has 1 heterocycles. The van der Waals surface area contributed by atoms with Gasteiger partial charge >= 0.3 is 0 Å². The van der Waals surface area contributed by atoms with Gasteiger partial charge in [-0.05, 0) is 12.1 Å². The first-order valence-electron chi connectivity index (χ1n) is 9.49. The van der Waals surface area contributed by atoms with Gasteiger partial charge in [-0.3, -0.25) is 4.79 Å². The van der Waals surface area contributed by atoms with Crippen LogP contribution in [0.2, 0.25) is 0 Å². The third kappa shape index (κ3) is 5.36. The third-order valence-corrected chi connectivity index (χ3v) is 4.82. The van der Waals surface area contributed by atoms with Gasteiger partial charge < -0.3 is 25.1 Å². The molecule has 0 aliphatic carbocycles. The molecule has 1 unspecified atom stereocenters. The largest absolute Gasteiger partial charge is 0.496 e. The molecule has 0 spiro atoms. The monoisotopic (exact) mass is 412 g/mol. The molecule has 0 saturated heterocycles. The van der Waals surface area contributed by atoms with E-state index < -0.39 is 11.9 Å². The first kappa shape index (κ1) is 21.3. The van der Waals surface area contributed by atoms with Crippen LogP contribution in [-0.4, -0.2) is 28.6 Å². The van der Waals surface area contributed by atoms with Gasteiger partial charge in [-0.1, -0.05) is 24.3 Å². The Morgan fingerprint density at radius 3 is 2.73 bits per heavy atom.